The Morgan fingerprint density at radius 3 is 2.69 bits per heavy atom. The van der Waals surface area contributed by atoms with Gasteiger partial charge in [0.25, 0.3) is 0 Å². The molecular formula is C19H23N3O4. The van der Waals surface area contributed by atoms with Crippen molar-refractivity contribution in [3.05, 3.63) is 47.5 Å². The molecule has 26 heavy (non-hydrogen) atoms. The van der Waals surface area contributed by atoms with Crippen LogP contribution in [0.2, 0.25) is 0 Å². The normalized spacial score (nSPS) is 19.2. The minimum absolute atomic E-state index is 0.150. The van der Waals surface area contributed by atoms with Gasteiger partial charge in [-0.1, -0.05) is 17.7 Å². The van der Waals surface area contributed by atoms with Gasteiger partial charge in [0.15, 0.2) is 0 Å². The number of aromatic hydroxyl groups is 1. The van der Waals surface area contributed by atoms with Crippen molar-refractivity contribution in [3.8, 4) is 17.2 Å². The number of phenolic OH excluding ortho intramolecular Hbond substituents is 1. The number of carbonyl (C=O) groups excluding carboxylic acids is 1. The highest BCUT2D eigenvalue weighted by molar-refractivity contribution is 5.96. The van der Waals surface area contributed by atoms with Gasteiger partial charge in [-0.25, -0.2) is 10.9 Å². The lowest BCUT2D eigenvalue weighted by molar-refractivity contribution is -0.117. The summed E-state index contributed by atoms with van der Waals surface area (Å²) in [7, 11) is 3.11. The summed E-state index contributed by atoms with van der Waals surface area (Å²) in [4.78, 5) is 12.6. The standard InChI is InChI=1S/C19H23N3O4/c1-11-4-7-17(23)13(8-11)15-10-16(22-21-15)19(24)20-14-6-5-12(25-2)9-18(14)26-3/h4-9,15-16,21-23H,10H2,1-3H3,(H,20,24). The second-order valence-electron chi connectivity index (χ2n) is 6.25. The van der Waals surface area contributed by atoms with E-state index in [9.17, 15) is 9.90 Å². The van der Waals surface area contributed by atoms with Crippen LogP contribution in [0.4, 0.5) is 5.69 Å². The highest BCUT2D eigenvalue weighted by atomic mass is 16.5. The van der Waals surface area contributed by atoms with Crippen LogP contribution in [0.3, 0.4) is 0 Å². The van der Waals surface area contributed by atoms with Gasteiger partial charge in [-0.2, -0.15) is 0 Å². The lowest BCUT2D eigenvalue weighted by Crippen LogP contribution is -2.39. The van der Waals surface area contributed by atoms with Gasteiger partial charge in [-0.3, -0.25) is 4.79 Å². The predicted molar refractivity (Wildman–Crippen MR) is 98.4 cm³/mol. The molecule has 4 N–H and O–H groups in total. The summed E-state index contributed by atoms with van der Waals surface area (Å²) in [6.07, 6.45) is 0.515. The number of rotatable bonds is 5. The number of benzene rings is 2. The Balaban J connectivity index is 1.69. The summed E-state index contributed by atoms with van der Waals surface area (Å²) in [5, 5.41) is 12.9. The SMILES string of the molecule is COc1ccc(NC(=O)C2CC(c3cc(C)ccc3O)NN2)c(OC)c1. The van der Waals surface area contributed by atoms with E-state index in [0.29, 0.717) is 23.6 Å². The van der Waals surface area contributed by atoms with E-state index in [1.807, 2.05) is 19.1 Å². The maximum absolute atomic E-state index is 12.6. The number of methoxy groups -OCH3 is 2. The summed E-state index contributed by atoms with van der Waals surface area (Å²) in [5.41, 5.74) is 8.47. The number of anilines is 1. The smallest absolute Gasteiger partial charge is 0.243 e. The number of carbonyl (C=O) groups is 1. The third kappa shape index (κ3) is 3.74. The summed E-state index contributed by atoms with van der Waals surface area (Å²) < 4.78 is 10.5. The molecule has 0 spiro atoms. The Labute approximate surface area is 152 Å². The molecule has 1 heterocycles. The Morgan fingerprint density at radius 1 is 1.15 bits per heavy atom. The van der Waals surface area contributed by atoms with E-state index in [2.05, 4.69) is 16.2 Å². The van der Waals surface area contributed by atoms with Gasteiger partial charge in [-0.05, 0) is 31.5 Å². The van der Waals surface area contributed by atoms with E-state index >= 15 is 0 Å². The average molecular weight is 357 g/mol. The first-order valence-corrected chi connectivity index (χ1v) is 8.35. The zero-order valence-corrected chi connectivity index (χ0v) is 15.0. The van der Waals surface area contributed by atoms with E-state index < -0.39 is 6.04 Å². The maximum Gasteiger partial charge on any atom is 0.243 e. The molecule has 1 fully saturated rings. The number of hydrogen-bond donors (Lipinski definition) is 4. The summed E-state index contributed by atoms with van der Waals surface area (Å²) in [6.45, 7) is 1.96. The van der Waals surface area contributed by atoms with Crippen molar-refractivity contribution < 1.29 is 19.4 Å². The Kier molecular flexibility index (Phi) is 5.29. The lowest BCUT2D eigenvalue weighted by atomic mass is 9.99. The highest BCUT2D eigenvalue weighted by Crippen LogP contribution is 2.32. The molecule has 1 aliphatic heterocycles. The number of nitrogens with one attached hydrogen (secondary N) is 3. The van der Waals surface area contributed by atoms with Crippen LogP contribution in [0.25, 0.3) is 0 Å². The van der Waals surface area contributed by atoms with Crippen molar-refractivity contribution in [2.75, 3.05) is 19.5 Å². The minimum atomic E-state index is -0.438. The van der Waals surface area contributed by atoms with Gasteiger partial charge in [0.05, 0.1) is 25.9 Å². The van der Waals surface area contributed by atoms with Gasteiger partial charge in [0, 0.05) is 11.6 Å². The molecule has 7 heteroatoms. The molecule has 2 unspecified atom stereocenters. The zero-order valence-electron chi connectivity index (χ0n) is 15.0. The van der Waals surface area contributed by atoms with Crippen LogP contribution < -0.4 is 25.6 Å². The fourth-order valence-electron chi connectivity index (χ4n) is 3.01. The Bertz CT molecular complexity index is 809. The molecule has 7 nitrogen and oxygen atoms in total. The molecule has 138 valence electrons. The fraction of sp³-hybridized carbons (Fsp3) is 0.316. The molecule has 0 saturated carbocycles. The van der Waals surface area contributed by atoms with Crippen molar-refractivity contribution in [3.63, 3.8) is 0 Å². The van der Waals surface area contributed by atoms with Crippen LogP contribution in [-0.4, -0.2) is 31.3 Å². The van der Waals surface area contributed by atoms with Gasteiger partial charge < -0.3 is 19.9 Å². The second kappa shape index (κ2) is 7.63. The van der Waals surface area contributed by atoms with E-state index in [1.165, 1.54) is 7.11 Å². The van der Waals surface area contributed by atoms with E-state index in [-0.39, 0.29) is 17.7 Å². The Hall–Kier alpha value is -2.77. The van der Waals surface area contributed by atoms with E-state index in [4.69, 9.17) is 9.47 Å². The van der Waals surface area contributed by atoms with Crippen LogP contribution in [0.5, 0.6) is 17.2 Å². The molecule has 0 radical (unpaired) electrons. The number of hydrazine groups is 1. The molecule has 1 aliphatic rings. The molecule has 0 aromatic heterocycles. The topological polar surface area (TPSA) is 91.9 Å². The van der Waals surface area contributed by atoms with Crippen molar-refractivity contribution in [1.82, 2.24) is 10.9 Å². The van der Waals surface area contributed by atoms with Crippen LogP contribution in [-0.2, 0) is 4.79 Å². The fourth-order valence-corrected chi connectivity index (χ4v) is 3.01. The quantitative estimate of drug-likeness (QED) is 0.656. The molecular weight excluding hydrogens is 334 g/mol. The average Bonchev–Trinajstić information content (AvgIpc) is 3.14. The first kappa shape index (κ1) is 18.0. The number of aryl methyl sites for hydroxylation is 1. The zero-order chi connectivity index (χ0) is 18.7. The first-order valence-electron chi connectivity index (χ1n) is 8.35. The monoisotopic (exact) mass is 357 g/mol. The van der Waals surface area contributed by atoms with E-state index in [1.54, 1.807) is 31.4 Å². The van der Waals surface area contributed by atoms with Crippen LogP contribution >= 0.6 is 0 Å². The second-order valence-corrected chi connectivity index (χ2v) is 6.25. The Morgan fingerprint density at radius 2 is 1.96 bits per heavy atom. The molecule has 1 saturated heterocycles. The van der Waals surface area contributed by atoms with Gasteiger partial charge >= 0.3 is 0 Å². The molecule has 1 amide bonds. The predicted octanol–water partition coefficient (Wildman–Crippen LogP) is 2.26. The van der Waals surface area contributed by atoms with Crippen LogP contribution in [0, 0.1) is 6.92 Å². The number of ether oxygens (including phenoxy) is 2. The number of hydrogen-bond acceptors (Lipinski definition) is 6. The third-order valence-electron chi connectivity index (χ3n) is 4.44. The molecule has 0 bridgehead atoms. The molecule has 2 aromatic rings. The maximum atomic E-state index is 12.6. The third-order valence-corrected chi connectivity index (χ3v) is 4.44. The van der Waals surface area contributed by atoms with Crippen molar-refractivity contribution in [2.24, 2.45) is 0 Å². The minimum Gasteiger partial charge on any atom is -0.508 e. The van der Waals surface area contributed by atoms with Crippen LogP contribution in [0.1, 0.15) is 23.6 Å². The van der Waals surface area contributed by atoms with E-state index in [0.717, 1.165) is 11.1 Å². The number of phenols is 1. The largest absolute Gasteiger partial charge is 0.508 e. The molecule has 3 rings (SSSR count). The van der Waals surface area contributed by atoms with Crippen molar-refractivity contribution in [1.29, 1.82) is 0 Å². The number of amides is 1. The summed E-state index contributed by atoms with van der Waals surface area (Å²) in [5.74, 6) is 1.20. The van der Waals surface area contributed by atoms with Gasteiger partial charge in [0.1, 0.15) is 23.3 Å². The molecule has 0 aliphatic carbocycles. The first-order chi connectivity index (χ1) is 12.5. The summed E-state index contributed by atoms with van der Waals surface area (Å²) in [6, 6.07) is 10.1. The highest BCUT2D eigenvalue weighted by Gasteiger charge is 2.31. The van der Waals surface area contributed by atoms with Crippen LogP contribution in [0.15, 0.2) is 36.4 Å². The molecule has 2 atom stereocenters. The summed E-state index contributed by atoms with van der Waals surface area (Å²) >= 11 is 0. The van der Waals surface area contributed by atoms with Gasteiger partial charge in [0.2, 0.25) is 5.91 Å². The lowest BCUT2D eigenvalue weighted by Gasteiger charge is -2.14. The van der Waals surface area contributed by atoms with Crippen molar-refractivity contribution >= 4 is 11.6 Å². The van der Waals surface area contributed by atoms with Crippen molar-refractivity contribution in [2.45, 2.75) is 25.4 Å². The van der Waals surface area contributed by atoms with Gasteiger partial charge in [-0.15, -0.1) is 0 Å². The molecule has 2 aromatic carbocycles.